The lowest BCUT2D eigenvalue weighted by atomic mass is 9.97. The Morgan fingerprint density at radius 1 is 0.930 bits per heavy atom. The minimum absolute atomic E-state index is 0.00743. The second-order valence-corrected chi connectivity index (χ2v) is 11.0. The number of benzene rings is 3. The summed E-state index contributed by atoms with van der Waals surface area (Å²) in [5, 5.41) is 0.393. The normalized spacial score (nSPS) is 14.3. The molecular weight excluding hydrogens is 546 g/mol. The van der Waals surface area contributed by atoms with Crippen LogP contribution in [-0.2, 0) is 4.74 Å². The number of carbonyl (C=O) groups is 2. The average Bonchev–Trinajstić information content (AvgIpc) is 3.30. The van der Waals surface area contributed by atoms with Crippen molar-refractivity contribution in [2.75, 3.05) is 24.7 Å². The predicted octanol–water partition coefficient (Wildman–Crippen LogP) is 7.32. The van der Waals surface area contributed by atoms with Crippen molar-refractivity contribution in [3.8, 4) is 11.5 Å². The van der Waals surface area contributed by atoms with E-state index < -0.39 is 17.9 Å². The van der Waals surface area contributed by atoms with Gasteiger partial charge in [0.15, 0.2) is 16.9 Å². The number of carbonyl (C=O) groups excluding carboxylic acids is 2. The molecule has 1 aliphatic rings. The van der Waals surface area contributed by atoms with Crippen molar-refractivity contribution in [2.24, 2.45) is 5.92 Å². The number of hydrogen-bond donors (Lipinski definition) is 0. The van der Waals surface area contributed by atoms with Crippen molar-refractivity contribution in [3.63, 3.8) is 0 Å². The summed E-state index contributed by atoms with van der Waals surface area (Å²) < 4.78 is 23.4. The summed E-state index contributed by atoms with van der Waals surface area (Å²) in [6.07, 6.45) is 2.59. The first kappa shape index (κ1) is 29.9. The molecule has 1 amide bonds. The first-order valence-corrected chi connectivity index (χ1v) is 14.9. The highest BCUT2D eigenvalue weighted by Gasteiger charge is 2.44. The molecule has 0 radical (unpaired) electrons. The van der Waals surface area contributed by atoms with Crippen LogP contribution in [-0.4, -0.2) is 31.7 Å². The zero-order valence-corrected chi connectivity index (χ0v) is 25.1. The van der Waals surface area contributed by atoms with E-state index >= 15 is 0 Å². The predicted molar refractivity (Wildman–Crippen MR) is 165 cm³/mol. The number of para-hydroxylation sites is 1. The molecule has 8 nitrogen and oxygen atoms in total. The zero-order chi connectivity index (χ0) is 30.5. The second-order valence-electron chi connectivity index (χ2n) is 11.0. The maximum Gasteiger partial charge on any atom is 0.338 e. The SMILES string of the molecule is CCCCOC(=O)c1ccc(N2C(=O)c3oc4ccccc4c(=O)c3C2c2ccc(OCCC(C)C)c(OCC)c2)cc1. The third kappa shape index (κ3) is 6.14. The van der Waals surface area contributed by atoms with E-state index in [1.165, 1.54) is 4.90 Å². The molecule has 4 aromatic rings. The molecule has 43 heavy (non-hydrogen) atoms. The Morgan fingerprint density at radius 2 is 1.70 bits per heavy atom. The lowest BCUT2D eigenvalue weighted by Gasteiger charge is -2.26. The largest absolute Gasteiger partial charge is 0.490 e. The van der Waals surface area contributed by atoms with Gasteiger partial charge >= 0.3 is 5.97 Å². The first-order valence-electron chi connectivity index (χ1n) is 14.9. The molecule has 0 fully saturated rings. The molecular formula is C35H37NO7. The number of fused-ring (bicyclic) bond motifs is 2. The Labute approximate surface area is 251 Å². The van der Waals surface area contributed by atoms with Crippen molar-refractivity contribution >= 4 is 28.5 Å². The third-order valence-electron chi connectivity index (χ3n) is 7.43. The Kier molecular flexibility index (Phi) is 9.14. The van der Waals surface area contributed by atoms with Crippen LogP contribution in [0.25, 0.3) is 11.0 Å². The molecule has 2 heterocycles. The van der Waals surface area contributed by atoms with Crippen LogP contribution < -0.4 is 19.8 Å². The lowest BCUT2D eigenvalue weighted by molar-refractivity contribution is 0.0499. The highest BCUT2D eigenvalue weighted by Crippen LogP contribution is 2.43. The molecule has 3 aromatic carbocycles. The van der Waals surface area contributed by atoms with Crippen LogP contribution in [0, 0.1) is 5.92 Å². The lowest BCUT2D eigenvalue weighted by Crippen LogP contribution is -2.29. The van der Waals surface area contributed by atoms with Crippen molar-refractivity contribution < 1.29 is 28.2 Å². The van der Waals surface area contributed by atoms with Crippen molar-refractivity contribution in [1.82, 2.24) is 0 Å². The standard InChI is InChI=1S/C35H37NO7/c1-5-7-19-42-35(39)23-12-15-25(16-13-23)36-31(24-14-17-28(29(21-24)40-6-2)41-20-18-22(3)4)30-32(37)26-10-8-9-11-27(26)43-33(30)34(36)38/h8-17,21-22,31H,5-7,18-20H2,1-4H3. The van der Waals surface area contributed by atoms with Crippen molar-refractivity contribution in [2.45, 2.75) is 53.0 Å². The number of hydrogen-bond acceptors (Lipinski definition) is 7. The summed E-state index contributed by atoms with van der Waals surface area (Å²) >= 11 is 0. The molecule has 0 bridgehead atoms. The zero-order valence-electron chi connectivity index (χ0n) is 25.1. The van der Waals surface area contributed by atoms with Crippen LogP contribution in [0.2, 0.25) is 0 Å². The van der Waals surface area contributed by atoms with Crippen LogP contribution in [0.4, 0.5) is 5.69 Å². The van der Waals surface area contributed by atoms with Gasteiger partial charge in [-0.2, -0.15) is 0 Å². The van der Waals surface area contributed by atoms with Crippen LogP contribution in [0.3, 0.4) is 0 Å². The fourth-order valence-electron chi connectivity index (χ4n) is 5.14. The van der Waals surface area contributed by atoms with E-state index in [0.29, 0.717) is 65.0 Å². The molecule has 0 saturated carbocycles. The fourth-order valence-corrected chi connectivity index (χ4v) is 5.14. The van der Waals surface area contributed by atoms with E-state index in [2.05, 4.69) is 13.8 Å². The molecule has 1 unspecified atom stereocenters. The third-order valence-corrected chi connectivity index (χ3v) is 7.43. The van der Waals surface area contributed by atoms with Crippen LogP contribution >= 0.6 is 0 Å². The van der Waals surface area contributed by atoms with Crippen LogP contribution in [0.15, 0.2) is 75.9 Å². The Balaban J connectivity index is 1.59. The summed E-state index contributed by atoms with van der Waals surface area (Å²) in [5.74, 6) is 0.732. The molecule has 8 heteroatoms. The van der Waals surface area contributed by atoms with E-state index in [4.69, 9.17) is 18.6 Å². The number of esters is 1. The van der Waals surface area contributed by atoms with Gasteiger partial charge in [-0.15, -0.1) is 0 Å². The summed E-state index contributed by atoms with van der Waals surface area (Å²) in [6.45, 7) is 9.48. The van der Waals surface area contributed by atoms with E-state index in [-0.39, 0.29) is 16.8 Å². The minimum atomic E-state index is -0.797. The topological polar surface area (TPSA) is 95.3 Å². The molecule has 0 N–H and O–H groups in total. The Morgan fingerprint density at radius 3 is 2.42 bits per heavy atom. The van der Waals surface area contributed by atoms with Gasteiger partial charge < -0.3 is 18.6 Å². The number of unbranched alkanes of at least 4 members (excludes halogenated alkanes) is 1. The van der Waals surface area contributed by atoms with Gasteiger partial charge in [-0.3, -0.25) is 14.5 Å². The van der Waals surface area contributed by atoms with Crippen molar-refractivity contribution in [3.05, 3.63) is 99.4 Å². The van der Waals surface area contributed by atoms with E-state index in [1.807, 2.05) is 32.0 Å². The summed E-state index contributed by atoms with van der Waals surface area (Å²) in [6, 6.07) is 18.2. The minimum Gasteiger partial charge on any atom is -0.490 e. The molecule has 224 valence electrons. The molecule has 0 spiro atoms. The number of amides is 1. The smallest absolute Gasteiger partial charge is 0.338 e. The number of anilines is 1. The van der Waals surface area contributed by atoms with Gasteiger partial charge in [-0.1, -0.05) is 45.4 Å². The monoisotopic (exact) mass is 583 g/mol. The fraction of sp³-hybridized carbons (Fsp3) is 0.343. The highest BCUT2D eigenvalue weighted by molar-refractivity contribution is 6.10. The van der Waals surface area contributed by atoms with E-state index in [1.54, 1.807) is 48.5 Å². The highest BCUT2D eigenvalue weighted by atomic mass is 16.5. The maximum absolute atomic E-state index is 14.0. The number of rotatable bonds is 12. The van der Waals surface area contributed by atoms with Gasteiger partial charge in [0, 0.05) is 5.69 Å². The van der Waals surface area contributed by atoms with E-state index in [9.17, 15) is 14.4 Å². The second kappa shape index (κ2) is 13.2. The van der Waals surface area contributed by atoms with Crippen LogP contribution in [0.1, 0.15) is 85.0 Å². The molecule has 1 aliphatic heterocycles. The Hall–Kier alpha value is -4.59. The van der Waals surface area contributed by atoms with E-state index in [0.717, 1.165) is 19.3 Å². The molecule has 1 atom stereocenters. The quantitative estimate of drug-likeness (QED) is 0.127. The molecule has 0 saturated heterocycles. The average molecular weight is 584 g/mol. The summed E-state index contributed by atoms with van der Waals surface area (Å²) in [5.41, 5.74) is 1.87. The maximum atomic E-state index is 14.0. The van der Waals surface area contributed by atoms with Gasteiger partial charge in [-0.05, 0) is 79.8 Å². The van der Waals surface area contributed by atoms with Gasteiger partial charge in [0.1, 0.15) is 5.58 Å². The molecule has 5 rings (SSSR count). The van der Waals surface area contributed by atoms with Gasteiger partial charge in [0.2, 0.25) is 5.76 Å². The van der Waals surface area contributed by atoms with Gasteiger partial charge in [0.25, 0.3) is 5.91 Å². The molecule has 0 aliphatic carbocycles. The first-order chi connectivity index (χ1) is 20.8. The van der Waals surface area contributed by atoms with Gasteiger partial charge in [-0.25, -0.2) is 4.79 Å². The summed E-state index contributed by atoms with van der Waals surface area (Å²) in [7, 11) is 0. The van der Waals surface area contributed by atoms with Crippen LogP contribution in [0.5, 0.6) is 11.5 Å². The van der Waals surface area contributed by atoms with Crippen molar-refractivity contribution in [1.29, 1.82) is 0 Å². The summed E-state index contributed by atoms with van der Waals surface area (Å²) in [4.78, 5) is 42.0. The Bertz CT molecular complexity index is 1670. The number of ether oxygens (including phenoxy) is 3. The van der Waals surface area contributed by atoms with Gasteiger partial charge in [0.05, 0.1) is 42.4 Å². The molecule has 1 aromatic heterocycles. The number of nitrogens with zero attached hydrogens (tertiary/aromatic N) is 1.